The van der Waals surface area contributed by atoms with Gasteiger partial charge in [-0.2, -0.15) is 9.97 Å². The van der Waals surface area contributed by atoms with Crippen molar-refractivity contribution in [3.05, 3.63) is 42.8 Å². The lowest BCUT2D eigenvalue weighted by Gasteiger charge is -2.37. The van der Waals surface area contributed by atoms with Crippen LogP contribution in [0, 0.1) is 0 Å². The van der Waals surface area contributed by atoms with E-state index in [1.54, 1.807) is 12.5 Å². The third kappa shape index (κ3) is 3.80. The fourth-order valence-corrected chi connectivity index (χ4v) is 4.69. The van der Waals surface area contributed by atoms with Gasteiger partial charge in [-0.1, -0.05) is 0 Å². The van der Waals surface area contributed by atoms with Crippen LogP contribution in [0.2, 0.25) is 0 Å². The number of ether oxygens (including phenoxy) is 3. The standard InChI is InChI=1S/C25H28N6O3/c1-16-14-32-11-8-30(16)24-19-4-5-20(18-3-6-22-21(13-18)26-7-10-34-22)27-23(19)28-25(29-24)31-9-12-33-15-17(31)2/h3-7,10,13,16-17,26H,8-9,11-12,14-15H2,1-2H3/t16-,17-/m0/s1. The molecule has 2 aromatic heterocycles. The molecule has 1 N–H and O–H groups in total. The maximum absolute atomic E-state index is 5.68. The van der Waals surface area contributed by atoms with Crippen molar-refractivity contribution in [2.75, 3.05) is 54.6 Å². The molecule has 0 saturated carbocycles. The average Bonchev–Trinajstić information content (AvgIpc) is 2.88. The molecular weight excluding hydrogens is 432 g/mol. The van der Waals surface area contributed by atoms with E-state index < -0.39 is 0 Å². The van der Waals surface area contributed by atoms with Crippen LogP contribution in [0.25, 0.3) is 22.3 Å². The third-order valence-electron chi connectivity index (χ3n) is 6.57. The second-order valence-electron chi connectivity index (χ2n) is 8.93. The van der Waals surface area contributed by atoms with Gasteiger partial charge in [0.15, 0.2) is 5.65 Å². The number of hydrogen-bond acceptors (Lipinski definition) is 9. The lowest BCUT2D eigenvalue weighted by atomic mass is 10.1. The first-order valence-corrected chi connectivity index (χ1v) is 11.8. The number of fused-ring (bicyclic) bond motifs is 2. The normalized spacial score (nSPS) is 22.3. The highest BCUT2D eigenvalue weighted by molar-refractivity contribution is 5.90. The molecule has 2 fully saturated rings. The zero-order valence-corrected chi connectivity index (χ0v) is 19.4. The van der Waals surface area contributed by atoms with E-state index in [1.165, 1.54) is 0 Å². The van der Waals surface area contributed by atoms with Crippen molar-refractivity contribution >= 4 is 28.5 Å². The Morgan fingerprint density at radius 1 is 0.912 bits per heavy atom. The number of hydrogen-bond donors (Lipinski definition) is 1. The van der Waals surface area contributed by atoms with Crippen LogP contribution in [0.1, 0.15) is 13.8 Å². The monoisotopic (exact) mass is 460 g/mol. The van der Waals surface area contributed by atoms with Gasteiger partial charge >= 0.3 is 0 Å². The lowest BCUT2D eigenvalue weighted by molar-refractivity contribution is 0.0973. The number of nitrogens with one attached hydrogen (secondary N) is 1. The molecule has 3 aromatic rings. The Morgan fingerprint density at radius 2 is 1.71 bits per heavy atom. The Kier molecular flexibility index (Phi) is 5.43. The van der Waals surface area contributed by atoms with Crippen LogP contribution in [-0.2, 0) is 9.47 Å². The number of benzene rings is 1. The maximum atomic E-state index is 5.68. The molecule has 9 nitrogen and oxygen atoms in total. The summed E-state index contributed by atoms with van der Waals surface area (Å²) in [7, 11) is 0. The van der Waals surface area contributed by atoms with Gasteiger partial charge in [-0.25, -0.2) is 4.98 Å². The van der Waals surface area contributed by atoms with Crippen LogP contribution in [0.5, 0.6) is 5.75 Å². The second-order valence-corrected chi connectivity index (χ2v) is 8.93. The molecule has 0 amide bonds. The van der Waals surface area contributed by atoms with Gasteiger partial charge in [0.05, 0.1) is 55.3 Å². The van der Waals surface area contributed by atoms with Gasteiger partial charge in [0.2, 0.25) is 5.95 Å². The quantitative estimate of drug-likeness (QED) is 0.632. The summed E-state index contributed by atoms with van der Waals surface area (Å²) < 4.78 is 16.9. The summed E-state index contributed by atoms with van der Waals surface area (Å²) in [5, 5.41) is 4.18. The number of anilines is 3. The van der Waals surface area contributed by atoms with Crippen molar-refractivity contribution in [2.45, 2.75) is 25.9 Å². The second kappa shape index (κ2) is 8.73. The number of rotatable bonds is 3. The summed E-state index contributed by atoms with van der Waals surface area (Å²) in [6, 6.07) is 10.6. The Bertz CT molecular complexity index is 1250. The largest absolute Gasteiger partial charge is 0.461 e. The van der Waals surface area contributed by atoms with Gasteiger partial charge in [-0.05, 0) is 44.2 Å². The molecule has 2 atom stereocenters. The summed E-state index contributed by atoms with van der Waals surface area (Å²) >= 11 is 0. The van der Waals surface area contributed by atoms with E-state index in [-0.39, 0.29) is 12.1 Å². The summed E-state index contributed by atoms with van der Waals surface area (Å²) in [5.74, 6) is 2.41. The highest BCUT2D eigenvalue weighted by Crippen LogP contribution is 2.34. The Hall–Kier alpha value is -3.43. The van der Waals surface area contributed by atoms with Crippen LogP contribution in [-0.4, -0.2) is 66.6 Å². The summed E-state index contributed by atoms with van der Waals surface area (Å²) in [4.78, 5) is 19.5. The highest BCUT2D eigenvalue weighted by Gasteiger charge is 2.27. The van der Waals surface area contributed by atoms with Crippen LogP contribution < -0.4 is 19.9 Å². The predicted molar refractivity (Wildman–Crippen MR) is 131 cm³/mol. The molecule has 3 aliphatic heterocycles. The number of morpholine rings is 2. The topological polar surface area (TPSA) is 84.9 Å². The zero-order chi connectivity index (χ0) is 23.1. The van der Waals surface area contributed by atoms with Gasteiger partial charge in [0.1, 0.15) is 17.8 Å². The van der Waals surface area contributed by atoms with Crippen LogP contribution >= 0.6 is 0 Å². The van der Waals surface area contributed by atoms with E-state index >= 15 is 0 Å². The Balaban J connectivity index is 1.47. The van der Waals surface area contributed by atoms with Crippen LogP contribution in [0.3, 0.4) is 0 Å². The van der Waals surface area contributed by atoms with Crippen LogP contribution in [0.4, 0.5) is 17.5 Å². The molecule has 176 valence electrons. The van der Waals surface area contributed by atoms with E-state index in [4.69, 9.17) is 29.2 Å². The van der Waals surface area contributed by atoms with Crippen molar-refractivity contribution in [3.63, 3.8) is 0 Å². The average molecular weight is 461 g/mol. The van der Waals surface area contributed by atoms with Crippen molar-refractivity contribution in [1.82, 2.24) is 15.0 Å². The number of nitrogens with zero attached hydrogens (tertiary/aromatic N) is 5. The van der Waals surface area contributed by atoms with Crippen molar-refractivity contribution in [1.29, 1.82) is 0 Å². The summed E-state index contributed by atoms with van der Waals surface area (Å²) in [6.07, 6.45) is 3.41. The predicted octanol–water partition coefficient (Wildman–Crippen LogP) is 3.42. The minimum absolute atomic E-state index is 0.198. The van der Waals surface area contributed by atoms with E-state index in [0.29, 0.717) is 38.0 Å². The van der Waals surface area contributed by atoms with Crippen LogP contribution in [0.15, 0.2) is 42.8 Å². The minimum Gasteiger partial charge on any atom is -0.461 e. The molecule has 9 heteroatoms. The fourth-order valence-electron chi connectivity index (χ4n) is 4.69. The van der Waals surface area contributed by atoms with E-state index in [2.05, 4.69) is 35.0 Å². The van der Waals surface area contributed by atoms with Gasteiger partial charge in [0.25, 0.3) is 0 Å². The van der Waals surface area contributed by atoms with E-state index in [0.717, 1.165) is 47.0 Å². The molecule has 0 spiro atoms. The van der Waals surface area contributed by atoms with Gasteiger partial charge in [0, 0.05) is 24.9 Å². The SMILES string of the molecule is C[C@H]1COCCN1c1nc(N2CCOC[C@@H]2C)c2ccc(-c3ccc4c(c3)NC=CO4)nc2n1. The third-order valence-corrected chi connectivity index (χ3v) is 6.57. The number of pyridine rings is 1. The van der Waals surface area contributed by atoms with Gasteiger partial charge in [-0.3, -0.25) is 0 Å². The smallest absolute Gasteiger partial charge is 0.229 e. The zero-order valence-electron chi connectivity index (χ0n) is 19.4. The Morgan fingerprint density at radius 3 is 2.50 bits per heavy atom. The highest BCUT2D eigenvalue weighted by atomic mass is 16.5. The molecule has 0 bridgehead atoms. The maximum Gasteiger partial charge on any atom is 0.229 e. The fraction of sp³-hybridized carbons (Fsp3) is 0.400. The van der Waals surface area contributed by atoms with Crippen molar-refractivity contribution in [3.8, 4) is 17.0 Å². The molecule has 6 rings (SSSR count). The molecule has 3 aliphatic rings. The first-order valence-electron chi connectivity index (χ1n) is 11.8. The molecule has 34 heavy (non-hydrogen) atoms. The minimum atomic E-state index is 0.198. The van der Waals surface area contributed by atoms with E-state index in [9.17, 15) is 0 Å². The summed E-state index contributed by atoms with van der Waals surface area (Å²) in [6.45, 7) is 8.55. The molecular formula is C25H28N6O3. The lowest BCUT2D eigenvalue weighted by Crippen LogP contribution is -2.46. The first-order chi connectivity index (χ1) is 16.7. The molecule has 1 aromatic carbocycles. The first kappa shape index (κ1) is 21.1. The summed E-state index contributed by atoms with van der Waals surface area (Å²) in [5.41, 5.74) is 3.45. The van der Waals surface area contributed by atoms with Gasteiger partial charge < -0.3 is 29.3 Å². The Labute approximate surface area is 198 Å². The molecule has 0 radical (unpaired) electrons. The molecule has 5 heterocycles. The molecule has 0 unspecified atom stereocenters. The van der Waals surface area contributed by atoms with Gasteiger partial charge in [-0.15, -0.1) is 0 Å². The molecule has 2 saturated heterocycles. The molecule has 0 aliphatic carbocycles. The number of aromatic nitrogens is 3. The van der Waals surface area contributed by atoms with Crippen molar-refractivity contribution in [2.24, 2.45) is 0 Å². The van der Waals surface area contributed by atoms with E-state index in [1.807, 2.05) is 24.3 Å². The van der Waals surface area contributed by atoms with Crippen molar-refractivity contribution < 1.29 is 14.2 Å².